The lowest BCUT2D eigenvalue weighted by Gasteiger charge is -2.53. The Morgan fingerprint density at radius 2 is 1.76 bits per heavy atom. The molecule has 2 aromatic rings. The summed E-state index contributed by atoms with van der Waals surface area (Å²) in [6, 6.07) is 7.43. The average molecular weight is 540 g/mol. The van der Waals surface area contributed by atoms with E-state index in [2.05, 4.69) is 15.8 Å². The number of halogens is 4. The quantitative estimate of drug-likeness (QED) is 0.451. The molecule has 5 rings (SSSR count). The molecule has 198 valence electrons. The molecule has 7 nitrogen and oxygen atoms in total. The van der Waals surface area contributed by atoms with E-state index in [0.29, 0.717) is 24.1 Å². The molecule has 2 heterocycles. The highest BCUT2D eigenvalue weighted by atomic mass is 32.2. The van der Waals surface area contributed by atoms with E-state index >= 15 is 0 Å². The van der Waals surface area contributed by atoms with Crippen LogP contribution in [0.25, 0.3) is 0 Å². The van der Waals surface area contributed by atoms with Gasteiger partial charge in [0.2, 0.25) is 0 Å². The molecule has 0 aromatic heterocycles. The minimum absolute atomic E-state index is 0.285. The second-order valence-electron chi connectivity index (χ2n) is 9.61. The number of methoxy groups -OCH3 is 1. The number of nitrogens with zero attached hydrogens (tertiary/aromatic N) is 1. The third kappa shape index (κ3) is 4.10. The van der Waals surface area contributed by atoms with Crippen molar-refractivity contribution in [1.29, 1.82) is 0 Å². The SMILES string of the molecule is COC(=O)[C@@H]1NC(S(=O)(=O)c2ccc(C(F)(F)F)cc2)C2CCCCC23C1=NNC3c1ccc(F)cc1. The van der Waals surface area contributed by atoms with Crippen LogP contribution < -0.4 is 10.7 Å². The fourth-order valence-electron chi connectivity index (χ4n) is 6.13. The molecule has 37 heavy (non-hydrogen) atoms. The number of hydrogen-bond donors (Lipinski definition) is 2. The van der Waals surface area contributed by atoms with Gasteiger partial charge < -0.3 is 10.2 Å². The Morgan fingerprint density at radius 3 is 2.38 bits per heavy atom. The van der Waals surface area contributed by atoms with E-state index < -0.39 is 62.2 Å². The van der Waals surface area contributed by atoms with E-state index in [9.17, 15) is 30.8 Å². The Labute approximate surface area is 211 Å². The number of benzene rings is 2. The fourth-order valence-corrected chi connectivity index (χ4v) is 8.06. The van der Waals surface area contributed by atoms with Crippen LogP contribution in [0.15, 0.2) is 58.5 Å². The number of rotatable bonds is 4. The highest BCUT2D eigenvalue weighted by Crippen LogP contribution is 2.57. The number of alkyl halides is 3. The predicted octanol–water partition coefficient (Wildman–Crippen LogP) is 3.97. The molecule has 12 heteroatoms. The van der Waals surface area contributed by atoms with Gasteiger partial charge in [-0.3, -0.25) is 5.32 Å². The van der Waals surface area contributed by atoms with Crippen LogP contribution in [0.2, 0.25) is 0 Å². The van der Waals surface area contributed by atoms with Gasteiger partial charge in [0.25, 0.3) is 0 Å². The molecule has 5 atom stereocenters. The molecular weight excluding hydrogens is 514 g/mol. The van der Waals surface area contributed by atoms with Crippen LogP contribution in [0, 0.1) is 17.2 Å². The molecule has 2 aromatic carbocycles. The van der Waals surface area contributed by atoms with Crippen molar-refractivity contribution in [3.05, 3.63) is 65.5 Å². The standard InChI is InChI=1S/C25H25F4N3O4S/c1-36-23(33)19-21-24(20(31-32-21)14-5-9-16(26)10-6-14)13-3-2-4-18(24)22(30-19)37(34,35)17-11-7-15(8-12-17)25(27,28)29/h5-12,18-20,22,30-31H,2-4,13H2,1H3/t18?,19-,20?,22?,24?/m1/s1. The molecule has 2 N–H and O–H groups in total. The van der Waals surface area contributed by atoms with Crippen LogP contribution >= 0.6 is 0 Å². The Bertz CT molecular complexity index is 1330. The maximum Gasteiger partial charge on any atom is 0.416 e. The van der Waals surface area contributed by atoms with Gasteiger partial charge >= 0.3 is 12.1 Å². The summed E-state index contributed by atoms with van der Waals surface area (Å²) in [5, 5.41) is 6.10. The number of nitrogens with one attached hydrogen (secondary N) is 2. The number of hydrogen-bond acceptors (Lipinski definition) is 7. The lowest BCUT2D eigenvalue weighted by atomic mass is 9.56. The van der Waals surface area contributed by atoms with Crippen molar-refractivity contribution in [2.45, 2.75) is 54.2 Å². The molecule has 1 saturated carbocycles. The first-order chi connectivity index (χ1) is 17.5. The van der Waals surface area contributed by atoms with Crippen LogP contribution in [0.3, 0.4) is 0 Å². The molecule has 0 amide bonds. The van der Waals surface area contributed by atoms with Crippen molar-refractivity contribution < 1.29 is 35.5 Å². The van der Waals surface area contributed by atoms with Crippen LogP contribution in [-0.2, 0) is 25.5 Å². The lowest BCUT2D eigenvalue weighted by Crippen LogP contribution is -2.68. The Balaban J connectivity index is 1.63. The predicted molar refractivity (Wildman–Crippen MR) is 125 cm³/mol. The third-order valence-corrected chi connectivity index (χ3v) is 9.84. The van der Waals surface area contributed by atoms with E-state index in [-0.39, 0.29) is 4.90 Å². The van der Waals surface area contributed by atoms with Crippen molar-refractivity contribution in [2.75, 3.05) is 7.11 Å². The lowest BCUT2D eigenvalue weighted by molar-refractivity contribution is -0.142. The Morgan fingerprint density at radius 1 is 1.08 bits per heavy atom. The molecule has 0 bridgehead atoms. The average Bonchev–Trinajstić information content (AvgIpc) is 3.26. The van der Waals surface area contributed by atoms with Crippen LogP contribution in [0.5, 0.6) is 0 Å². The summed E-state index contributed by atoms with van der Waals surface area (Å²) in [6.07, 6.45) is -2.16. The monoisotopic (exact) mass is 539 g/mol. The highest BCUT2D eigenvalue weighted by molar-refractivity contribution is 7.92. The van der Waals surface area contributed by atoms with Crippen LogP contribution in [0.4, 0.5) is 17.6 Å². The minimum Gasteiger partial charge on any atom is -0.468 e. The third-order valence-electron chi connectivity index (χ3n) is 7.78. The summed E-state index contributed by atoms with van der Waals surface area (Å²) < 4.78 is 85.8. The van der Waals surface area contributed by atoms with Gasteiger partial charge in [-0.2, -0.15) is 18.3 Å². The molecule has 2 fully saturated rings. The van der Waals surface area contributed by atoms with E-state index in [4.69, 9.17) is 4.74 Å². The summed E-state index contributed by atoms with van der Waals surface area (Å²) in [5.74, 6) is -1.73. The zero-order valence-corrected chi connectivity index (χ0v) is 20.6. The topological polar surface area (TPSA) is 96.9 Å². The van der Waals surface area contributed by atoms with Gasteiger partial charge in [0, 0.05) is 11.3 Å². The summed E-state index contributed by atoms with van der Waals surface area (Å²) in [7, 11) is -3.07. The van der Waals surface area contributed by atoms with Gasteiger partial charge in [-0.1, -0.05) is 25.0 Å². The van der Waals surface area contributed by atoms with Gasteiger partial charge in [-0.05, 0) is 54.8 Å². The van der Waals surface area contributed by atoms with Gasteiger partial charge in [0.1, 0.15) is 17.2 Å². The van der Waals surface area contributed by atoms with Gasteiger partial charge in [-0.25, -0.2) is 17.6 Å². The molecule has 1 saturated heterocycles. The number of ether oxygens (including phenoxy) is 1. The molecule has 1 spiro atoms. The molecule has 0 radical (unpaired) electrons. The maximum absolute atomic E-state index is 13.9. The number of esters is 1. The summed E-state index contributed by atoms with van der Waals surface area (Å²) in [6.45, 7) is 0. The molecule has 3 aliphatic rings. The van der Waals surface area contributed by atoms with Crippen molar-refractivity contribution in [3.63, 3.8) is 0 Å². The van der Waals surface area contributed by atoms with Crippen molar-refractivity contribution >= 4 is 21.5 Å². The van der Waals surface area contributed by atoms with E-state index in [1.165, 1.54) is 19.2 Å². The van der Waals surface area contributed by atoms with Crippen molar-refractivity contribution in [2.24, 2.45) is 16.4 Å². The van der Waals surface area contributed by atoms with Crippen LogP contribution in [-0.4, -0.2) is 38.6 Å². The Kier molecular flexibility index (Phi) is 6.30. The first-order valence-corrected chi connectivity index (χ1v) is 13.4. The summed E-state index contributed by atoms with van der Waals surface area (Å²) >= 11 is 0. The second kappa shape index (κ2) is 9.09. The van der Waals surface area contributed by atoms with E-state index in [1.54, 1.807) is 12.1 Å². The fraction of sp³-hybridized carbons (Fsp3) is 0.440. The zero-order valence-electron chi connectivity index (χ0n) is 19.8. The summed E-state index contributed by atoms with van der Waals surface area (Å²) in [4.78, 5) is 12.6. The molecule has 4 unspecified atom stereocenters. The first-order valence-electron chi connectivity index (χ1n) is 11.8. The summed E-state index contributed by atoms with van der Waals surface area (Å²) in [5.41, 5.74) is 2.30. The smallest absolute Gasteiger partial charge is 0.416 e. The number of sulfone groups is 1. The van der Waals surface area contributed by atoms with Gasteiger partial charge in [0.15, 0.2) is 9.84 Å². The largest absolute Gasteiger partial charge is 0.468 e. The normalized spacial score (nSPS) is 29.5. The van der Waals surface area contributed by atoms with E-state index in [0.717, 1.165) is 37.1 Å². The van der Waals surface area contributed by atoms with Gasteiger partial charge in [-0.15, -0.1) is 0 Å². The first kappa shape index (κ1) is 25.7. The highest BCUT2D eigenvalue weighted by Gasteiger charge is 2.64. The molecule has 1 aliphatic carbocycles. The van der Waals surface area contributed by atoms with Crippen LogP contribution in [0.1, 0.15) is 42.9 Å². The minimum atomic E-state index is -4.61. The van der Waals surface area contributed by atoms with Crippen molar-refractivity contribution in [1.82, 2.24) is 10.7 Å². The number of carbonyl (C=O) groups excluding carboxylic acids is 1. The Hall–Kier alpha value is -2.99. The van der Waals surface area contributed by atoms with E-state index in [1.807, 2.05) is 0 Å². The number of piperidine rings is 1. The number of hydrazone groups is 1. The van der Waals surface area contributed by atoms with Gasteiger partial charge in [0.05, 0.1) is 29.3 Å². The molecular formula is C25H25F4N3O4S. The second-order valence-corrected chi connectivity index (χ2v) is 11.7. The zero-order chi connectivity index (χ0) is 26.6. The van der Waals surface area contributed by atoms with Crippen molar-refractivity contribution in [3.8, 4) is 0 Å². The maximum atomic E-state index is 13.9. The number of carbonyl (C=O) groups is 1. The molecule has 2 aliphatic heterocycles.